The van der Waals surface area contributed by atoms with Crippen LogP contribution in [0.2, 0.25) is 0 Å². The number of carbonyl (C=O) groups is 1. The summed E-state index contributed by atoms with van der Waals surface area (Å²) >= 11 is 0. The zero-order chi connectivity index (χ0) is 24.3. The number of anilines is 1. The standard InChI is InChI=1S/C21H27NO3.3C2H6/c1-5-21(2,3)19(20(23)22-17-9-7-6-8-10-17)25-15-16-11-13-18(24-4)14-12-16;3*1-2/h6-14,19H,5,15H2,1-4H3,(H,22,23);3*1-2H3. The number of hydrogen-bond acceptors (Lipinski definition) is 3. The molecule has 0 saturated heterocycles. The van der Waals surface area contributed by atoms with Crippen LogP contribution in [0.5, 0.6) is 5.75 Å². The van der Waals surface area contributed by atoms with Crippen LogP contribution < -0.4 is 10.1 Å². The second-order valence-electron chi connectivity index (χ2n) is 6.74. The van der Waals surface area contributed by atoms with Crippen molar-refractivity contribution >= 4 is 11.6 Å². The van der Waals surface area contributed by atoms with Crippen LogP contribution in [0.4, 0.5) is 5.69 Å². The predicted molar refractivity (Wildman–Crippen MR) is 135 cm³/mol. The van der Waals surface area contributed by atoms with Gasteiger partial charge >= 0.3 is 0 Å². The fourth-order valence-electron chi connectivity index (χ4n) is 2.47. The highest BCUT2D eigenvalue weighted by Gasteiger charge is 2.34. The number of hydrogen-bond donors (Lipinski definition) is 1. The number of methoxy groups -OCH3 is 1. The molecule has 1 atom stereocenters. The predicted octanol–water partition coefficient (Wildman–Crippen LogP) is 7.73. The van der Waals surface area contributed by atoms with Crippen LogP contribution in [-0.2, 0) is 16.1 Å². The Labute approximate surface area is 191 Å². The lowest BCUT2D eigenvalue weighted by molar-refractivity contribution is -0.137. The molecule has 176 valence electrons. The molecule has 4 nitrogen and oxygen atoms in total. The molecule has 0 bridgehead atoms. The fourth-order valence-corrected chi connectivity index (χ4v) is 2.47. The van der Waals surface area contributed by atoms with E-state index in [9.17, 15) is 4.79 Å². The van der Waals surface area contributed by atoms with Gasteiger partial charge in [-0.1, -0.05) is 92.6 Å². The van der Waals surface area contributed by atoms with Gasteiger partial charge in [-0.3, -0.25) is 4.79 Å². The maximum atomic E-state index is 12.8. The average Bonchev–Trinajstić information content (AvgIpc) is 2.84. The summed E-state index contributed by atoms with van der Waals surface area (Å²) in [5, 5.41) is 2.95. The molecule has 0 aliphatic rings. The topological polar surface area (TPSA) is 47.6 Å². The molecule has 0 radical (unpaired) electrons. The van der Waals surface area contributed by atoms with E-state index in [1.54, 1.807) is 7.11 Å². The number of carbonyl (C=O) groups excluding carboxylic acids is 1. The summed E-state index contributed by atoms with van der Waals surface area (Å²) in [6, 6.07) is 17.1. The Morgan fingerprint density at radius 1 is 0.903 bits per heavy atom. The van der Waals surface area contributed by atoms with Gasteiger partial charge < -0.3 is 14.8 Å². The van der Waals surface area contributed by atoms with Crippen molar-refractivity contribution in [3.05, 3.63) is 60.2 Å². The normalized spacial score (nSPS) is 10.6. The second-order valence-corrected chi connectivity index (χ2v) is 6.74. The molecule has 0 heterocycles. The molecular weight excluding hydrogens is 386 g/mol. The van der Waals surface area contributed by atoms with E-state index in [2.05, 4.69) is 26.1 Å². The Bertz CT molecular complexity index is 667. The highest BCUT2D eigenvalue weighted by molar-refractivity contribution is 5.94. The third-order valence-corrected chi connectivity index (χ3v) is 4.48. The fraction of sp³-hybridized carbons (Fsp3) is 0.519. The minimum Gasteiger partial charge on any atom is -0.497 e. The molecule has 0 aromatic heterocycles. The van der Waals surface area contributed by atoms with Gasteiger partial charge in [-0.2, -0.15) is 0 Å². The number of ether oxygens (including phenoxy) is 2. The van der Waals surface area contributed by atoms with E-state index in [4.69, 9.17) is 9.47 Å². The van der Waals surface area contributed by atoms with Gasteiger partial charge in [-0.05, 0) is 41.7 Å². The zero-order valence-corrected chi connectivity index (χ0v) is 21.4. The third-order valence-electron chi connectivity index (χ3n) is 4.48. The molecule has 0 fully saturated rings. The monoisotopic (exact) mass is 431 g/mol. The van der Waals surface area contributed by atoms with Gasteiger partial charge in [0, 0.05) is 5.69 Å². The molecular formula is C27H45NO3. The maximum absolute atomic E-state index is 12.8. The van der Waals surface area contributed by atoms with Gasteiger partial charge in [-0.25, -0.2) is 0 Å². The van der Waals surface area contributed by atoms with Crippen LogP contribution in [0.3, 0.4) is 0 Å². The molecule has 0 spiro atoms. The van der Waals surface area contributed by atoms with Gasteiger partial charge in [0.2, 0.25) is 0 Å². The van der Waals surface area contributed by atoms with Gasteiger partial charge in [0.1, 0.15) is 11.9 Å². The summed E-state index contributed by atoms with van der Waals surface area (Å²) in [6.07, 6.45) is 0.294. The van der Waals surface area contributed by atoms with Crippen LogP contribution in [0.15, 0.2) is 54.6 Å². The molecule has 2 aromatic carbocycles. The third kappa shape index (κ3) is 11.6. The zero-order valence-electron chi connectivity index (χ0n) is 21.4. The van der Waals surface area contributed by atoms with E-state index in [0.29, 0.717) is 6.61 Å². The van der Waals surface area contributed by atoms with Crippen LogP contribution in [0.25, 0.3) is 0 Å². The van der Waals surface area contributed by atoms with Crippen LogP contribution in [0.1, 0.15) is 74.3 Å². The lowest BCUT2D eigenvalue weighted by Crippen LogP contribution is -2.42. The molecule has 31 heavy (non-hydrogen) atoms. The summed E-state index contributed by atoms with van der Waals surface area (Å²) in [7, 11) is 1.64. The van der Waals surface area contributed by atoms with Crippen molar-refractivity contribution in [1.82, 2.24) is 0 Å². The molecule has 0 saturated carbocycles. The minimum absolute atomic E-state index is 0.119. The molecule has 1 amide bonds. The van der Waals surface area contributed by atoms with Crippen molar-refractivity contribution in [2.75, 3.05) is 12.4 Å². The van der Waals surface area contributed by atoms with Gasteiger partial charge in [0.15, 0.2) is 0 Å². The summed E-state index contributed by atoms with van der Waals surface area (Å²) in [5.41, 5.74) is 1.51. The number of nitrogens with one attached hydrogen (secondary N) is 1. The van der Waals surface area contributed by atoms with Crippen molar-refractivity contribution in [3.8, 4) is 5.75 Å². The van der Waals surface area contributed by atoms with Gasteiger partial charge in [-0.15, -0.1) is 0 Å². The molecule has 1 unspecified atom stereocenters. The molecule has 1 N–H and O–H groups in total. The number of rotatable bonds is 8. The maximum Gasteiger partial charge on any atom is 0.254 e. The lowest BCUT2D eigenvalue weighted by Gasteiger charge is -2.32. The second kappa shape index (κ2) is 18.4. The smallest absolute Gasteiger partial charge is 0.254 e. The largest absolute Gasteiger partial charge is 0.497 e. The van der Waals surface area contributed by atoms with Gasteiger partial charge in [0.05, 0.1) is 13.7 Å². The highest BCUT2D eigenvalue weighted by atomic mass is 16.5. The van der Waals surface area contributed by atoms with E-state index in [-0.39, 0.29) is 11.3 Å². The number of amides is 1. The lowest BCUT2D eigenvalue weighted by atomic mass is 9.83. The molecule has 2 aromatic rings. The van der Waals surface area contributed by atoms with E-state index >= 15 is 0 Å². The van der Waals surface area contributed by atoms with Crippen molar-refractivity contribution in [1.29, 1.82) is 0 Å². The Morgan fingerprint density at radius 3 is 1.87 bits per heavy atom. The number of para-hydroxylation sites is 1. The first-order valence-corrected chi connectivity index (χ1v) is 11.6. The van der Waals surface area contributed by atoms with E-state index in [0.717, 1.165) is 23.4 Å². The van der Waals surface area contributed by atoms with E-state index < -0.39 is 6.10 Å². The minimum atomic E-state index is -0.542. The summed E-state index contributed by atoms with van der Waals surface area (Å²) in [5.74, 6) is 0.683. The van der Waals surface area contributed by atoms with E-state index in [1.807, 2.05) is 96.1 Å². The first-order valence-electron chi connectivity index (χ1n) is 11.6. The van der Waals surface area contributed by atoms with Crippen molar-refractivity contribution in [3.63, 3.8) is 0 Å². The Morgan fingerprint density at radius 2 is 1.42 bits per heavy atom. The molecule has 0 aliphatic carbocycles. The van der Waals surface area contributed by atoms with Crippen LogP contribution >= 0.6 is 0 Å². The van der Waals surface area contributed by atoms with Crippen molar-refractivity contribution in [2.45, 2.75) is 81.4 Å². The number of benzene rings is 2. The Kier molecular flexibility index (Phi) is 18.4. The van der Waals surface area contributed by atoms with Crippen LogP contribution in [0, 0.1) is 5.41 Å². The first-order chi connectivity index (χ1) is 15.0. The van der Waals surface area contributed by atoms with E-state index in [1.165, 1.54) is 0 Å². The average molecular weight is 432 g/mol. The summed E-state index contributed by atoms with van der Waals surface area (Å²) < 4.78 is 11.2. The SMILES string of the molecule is CC.CC.CC.CCC(C)(C)C(OCc1ccc(OC)cc1)C(=O)Nc1ccccc1. The van der Waals surface area contributed by atoms with Crippen molar-refractivity contribution in [2.24, 2.45) is 5.41 Å². The molecule has 4 heteroatoms. The van der Waals surface area contributed by atoms with Gasteiger partial charge in [0.25, 0.3) is 5.91 Å². The summed E-state index contributed by atoms with van der Waals surface area (Å²) in [4.78, 5) is 12.8. The summed E-state index contributed by atoms with van der Waals surface area (Å²) in [6.45, 7) is 18.5. The Hall–Kier alpha value is -2.33. The molecule has 2 rings (SSSR count). The highest BCUT2D eigenvalue weighted by Crippen LogP contribution is 2.29. The van der Waals surface area contributed by atoms with Crippen LogP contribution in [-0.4, -0.2) is 19.1 Å². The van der Waals surface area contributed by atoms with Crippen molar-refractivity contribution < 1.29 is 14.3 Å². The Balaban J connectivity index is 0. The molecule has 0 aliphatic heterocycles. The first kappa shape index (κ1) is 30.9. The quantitative estimate of drug-likeness (QED) is 0.465.